The highest BCUT2D eigenvalue weighted by Crippen LogP contribution is 2.17. The lowest BCUT2D eigenvalue weighted by Crippen LogP contribution is -1.90. The summed E-state index contributed by atoms with van der Waals surface area (Å²) in [4.78, 5) is 0. The van der Waals surface area contributed by atoms with Crippen molar-refractivity contribution in [3.05, 3.63) is 36.6 Å². The van der Waals surface area contributed by atoms with Crippen LogP contribution in [0, 0.1) is 0 Å². The molecule has 0 N–H and O–H groups in total. The van der Waals surface area contributed by atoms with Gasteiger partial charge in [0.15, 0.2) is 0 Å². The normalized spacial score (nSPS) is 12.1. The molecule has 0 aromatic carbocycles. The third kappa shape index (κ3) is 4.32. The molecule has 0 saturated heterocycles. The maximum atomic E-state index is 3.62. The van der Waals surface area contributed by atoms with Crippen molar-refractivity contribution in [3.63, 3.8) is 0 Å². The molecule has 0 saturated carbocycles. The highest BCUT2D eigenvalue weighted by Gasteiger charge is 1.93. The summed E-state index contributed by atoms with van der Waals surface area (Å²) in [6, 6.07) is 0. The van der Waals surface area contributed by atoms with Crippen molar-refractivity contribution in [3.8, 4) is 0 Å². The van der Waals surface area contributed by atoms with E-state index in [1.54, 1.807) is 6.08 Å². The molecule has 3 heteroatoms. The molecule has 0 aliphatic rings. The SMILES string of the molecule is C=C/C=C(\C=C/C)N(I)I. The quantitative estimate of drug-likeness (QED) is 0.422. The van der Waals surface area contributed by atoms with Crippen LogP contribution in [-0.2, 0) is 0 Å². The second-order valence-electron chi connectivity index (χ2n) is 1.56. The van der Waals surface area contributed by atoms with Gasteiger partial charge in [-0.05, 0) is 19.1 Å². The van der Waals surface area contributed by atoms with Crippen LogP contribution in [0.4, 0.5) is 0 Å². The van der Waals surface area contributed by atoms with Gasteiger partial charge in [-0.3, -0.25) is 1.33 Å². The molecule has 0 aromatic heterocycles. The molecule has 0 radical (unpaired) electrons. The maximum Gasteiger partial charge on any atom is 0.0697 e. The fourth-order valence-electron chi connectivity index (χ4n) is 0.460. The van der Waals surface area contributed by atoms with Gasteiger partial charge in [-0.1, -0.05) is 18.7 Å². The Bertz CT molecular complexity index is 159. The number of nitrogens with zero attached hydrogens (tertiary/aromatic N) is 1. The van der Waals surface area contributed by atoms with Gasteiger partial charge in [0.25, 0.3) is 0 Å². The van der Waals surface area contributed by atoms with E-state index in [2.05, 4.69) is 52.3 Å². The molecule has 0 bridgehead atoms. The van der Waals surface area contributed by atoms with Crippen LogP contribution in [0.5, 0.6) is 0 Å². The van der Waals surface area contributed by atoms with Crippen molar-refractivity contribution < 1.29 is 0 Å². The summed E-state index contributed by atoms with van der Waals surface area (Å²) >= 11 is 4.41. The van der Waals surface area contributed by atoms with Crippen LogP contribution in [0.2, 0.25) is 0 Å². The molecule has 1 nitrogen and oxygen atoms in total. The lowest BCUT2D eigenvalue weighted by molar-refractivity contribution is 1.09. The van der Waals surface area contributed by atoms with Gasteiger partial charge in [-0.15, -0.1) is 0 Å². The molecule has 0 unspecified atom stereocenters. The molecular weight excluding hydrogens is 352 g/mol. The maximum absolute atomic E-state index is 3.62. The number of allylic oxidation sites excluding steroid dienone is 4. The Kier molecular flexibility index (Phi) is 6.50. The van der Waals surface area contributed by atoms with Gasteiger partial charge in [-0.25, -0.2) is 0 Å². The van der Waals surface area contributed by atoms with E-state index in [1.807, 2.05) is 26.5 Å². The van der Waals surface area contributed by atoms with Crippen LogP contribution in [0.1, 0.15) is 6.92 Å². The molecular formula is C7H9I2N. The zero-order valence-corrected chi connectivity index (χ0v) is 10.0. The van der Waals surface area contributed by atoms with Crippen molar-refractivity contribution in [1.82, 2.24) is 1.33 Å². The fourth-order valence-corrected chi connectivity index (χ4v) is 1.10. The van der Waals surface area contributed by atoms with E-state index in [-0.39, 0.29) is 0 Å². The fraction of sp³-hybridized carbons (Fsp3) is 0.143. The molecule has 0 rings (SSSR count). The predicted octanol–water partition coefficient (Wildman–Crippen LogP) is 3.63. The largest absolute Gasteiger partial charge is 0.255 e. The van der Waals surface area contributed by atoms with E-state index in [0.717, 1.165) is 5.70 Å². The topological polar surface area (TPSA) is 3.24 Å². The first-order chi connectivity index (χ1) is 4.72. The summed E-state index contributed by atoms with van der Waals surface area (Å²) in [7, 11) is 0. The molecule has 0 atom stereocenters. The molecule has 0 amide bonds. The zero-order valence-electron chi connectivity index (χ0n) is 5.72. The summed E-state index contributed by atoms with van der Waals surface area (Å²) in [5.74, 6) is 0. The summed E-state index contributed by atoms with van der Waals surface area (Å²) in [6.45, 7) is 5.62. The molecule has 0 heterocycles. The molecule has 0 aliphatic heterocycles. The minimum Gasteiger partial charge on any atom is -0.255 e. The van der Waals surface area contributed by atoms with E-state index >= 15 is 0 Å². The number of hydrogen-bond acceptors (Lipinski definition) is 1. The van der Waals surface area contributed by atoms with Crippen LogP contribution in [-0.4, -0.2) is 1.33 Å². The van der Waals surface area contributed by atoms with E-state index in [0.29, 0.717) is 0 Å². The Morgan fingerprint density at radius 3 is 2.40 bits per heavy atom. The third-order valence-electron chi connectivity index (χ3n) is 0.821. The molecule has 0 spiro atoms. The second-order valence-corrected chi connectivity index (χ2v) is 5.34. The van der Waals surface area contributed by atoms with Gasteiger partial charge < -0.3 is 0 Å². The third-order valence-corrected chi connectivity index (χ3v) is 1.94. The van der Waals surface area contributed by atoms with Crippen molar-refractivity contribution in [2.45, 2.75) is 6.92 Å². The molecule has 0 aliphatic carbocycles. The first-order valence-electron chi connectivity index (χ1n) is 2.79. The Hall–Kier alpha value is 0.480. The number of halogens is 2. The summed E-state index contributed by atoms with van der Waals surface area (Å²) in [5.41, 5.74) is 1.14. The van der Waals surface area contributed by atoms with Crippen molar-refractivity contribution in [2.24, 2.45) is 0 Å². The highest BCUT2D eigenvalue weighted by atomic mass is 127. The Morgan fingerprint density at radius 2 is 2.10 bits per heavy atom. The van der Waals surface area contributed by atoms with Gasteiger partial charge in [0, 0.05) is 0 Å². The number of rotatable bonds is 3. The van der Waals surface area contributed by atoms with Gasteiger partial charge in [-0.2, -0.15) is 0 Å². The highest BCUT2D eigenvalue weighted by molar-refractivity contribution is 14.2. The van der Waals surface area contributed by atoms with Crippen LogP contribution in [0.25, 0.3) is 0 Å². The summed E-state index contributed by atoms with van der Waals surface area (Å²) in [6.07, 6.45) is 7.76. The van der Waals surface area contributed by atoms with Gasteiger partial charge >= 0.3 is 0 Å². The lowest BCUT2D eigenvalue weighted by atomic mass is 10.4. The van der Waals surface area contributed by atoms with E-state index in [9.17, 15) is 0 Å². The molecule has 56 valence electrons. The molecule has 10 heavy (non-hydrogen) atoms. The van der Waals surface area contributed by atoms with E-state index < -0.39 is 0 Å². The van der Waals surface area contributed by atoms with Crippen molar-refractivity contribution >= 4 is 45.7 Å². The minimum atomic E-state index is 1.14. The first kappa shape index (κ1) is 10.5. The first-order valence-corrected chi connectivity index (χ1v) is 4.72. The lowest BCUT2D eigenvalue weighted by Gasteiger charge is -2.05. The predicted molar refractivity (Wildman–Crippen MR) is 63.0 cm³/mol. The number of hydrogen-bond donors (Lipinski definition) is 0. The average molecular weight is 361 g/mol. The Balaban J connectivity index is 4.25. The van der Waals surface area contributed by atoms with Crippen LogP contribution >= 0.6 is 45.7 Å². The smallest absolute Gasteiger partial charge is 0.0697 e. The van der Waals surface area contributed by atoms with Crippen LogP contribution < -0.4 is 0 Å². The Morgan fingerprint density at radius 1 is 1.50 bits per heavy atom. The standard InChI is InChI=1S/C7H9I2N/c1-3-5-7(6-4-2)10(8)9/h3-6H,1H2,2H3/b6-4-,7-5+. The van der Waals surface area contributed by atoms with Crippen molar-refractivity contribution in [2.75, 3.05) is 0 Å². The van der Waals surface area contributed by atoms with Crippen LogP contribution in [0.15, 0.2) is 36.6 Å². The van der Waals surface area contributed by atoms with Gasteiger partial charge in [0.2, 0.25) is 0 Å². The molecule has 0 fully saturated rings. The second kappa shape index (κ2) is 6.21. The van der Waals surface area contributed by atoms with Crippen LogP contribution in [0.3, 0.4) is 0 Å². The summed E-state index contributed by atoms with van der Waals surface area (Å²) < 4.78 is 1.98. The molecule has 0 aromatic rings. The average Bonchev–Trinajstić information content (AvgIpc) is 1.87. The van der Waals surface area contributed by atoms with E-state index in [4.69, 9.17) is 0 Å². The van der Waals surface area contributed by atoms with E-state index in [1.165, 1.54) is 0 Å². The van der Waals surface area contributed by atoms with Crippen molar-refractivity contribution in [1.29, 1.82) is 0 Å². The monoisotopic (exact) mass is 361 g/mol. The zero-order chi connectivity index (χ0) is 7.98. The minimum absolute atomic E-state index is 1.14. The van der Waals surface area contributed by atoms with Gasteiger partial charge in [0.05, 0.1) is 51.4 Å². The Labute approximate surface area is 89.9 Å². The summed E-state index contributed by atoms with van der Waals surface area (Å²) in [5, 5.41) is 0. The van der Waals surface area contributed by atoms with Gasteiger partial charge in [0.1, 0.15) is 0 Å².